The van der Waals surface area contributed by atoms with Crippen LogP contribution in [0.5, 0.6) is 0 Å². The van der Waals surface area contributed by atoms with Crippen molar-refractivity contribution in [2.75, 3.05) is 31.1 Å². The van der Waals surface area contributed by atoms with Crippen molar-refractivity contribution < 1.29 is 4.92 Å². The van der Waals surface area contributed by atoms with E-state index in [2.05, 4.69) is 47.3 Å². The average Bonchev–Trinajstić information content (AvgIpc) is 2.63. The van der Waals surface area contributed by atoms with Gasteiger partial charge in [-0.2, -0.15) is 0 Å². The van der Waals surface area contributed by atoms with Gasteiger partial charge in [-0.25, -0.2) is 0 Å². The van der Waals surface area contributed by atoms with Crippen LogP contribution >= 0.6 is 0 Å². The number of piperazine rings is 1. The molecule has 2 aromatic rings. The Morgan fingerprint density at radius 2 is 1.68 bits per heavy atom. The maximum atomic E-state index is 10.6. The zero-order valence-corrected chi connectivity index (χ0v) is 14.4. The number of benzene rings is 2. The van der Waals surface area contributed by atoms with Crippen molar-refractivity contribution in [1.29, 1.82) is 0 Å². The lowest BCUT2D eigenvalue weighted by Crippen LogP contribution is -2.44. The molecule has 1 aliphatic heterocycles. The van der Waals surface area contributed by atoms with Crippen molar-refractivity contribution in [2.24, 2.45) is 10.3 Å². The lowest BCUT2D eigenvalue weighted by Gasteiger charge is -2.35. The fourth-order valence-corrected chi connectivity index (χ4v) is 2.86. The van der Waals surface area contributed by atoms with E-state index >= 15 is 0 Å². The molecule has 130 valence electrons. The molecule has 2 aromatic carbocycles. The molecule has 0 saturated carbocycles. The first kappa shape index (κ1) is 16.9. The van der Waals surface area contributed by atoms with Gasteiger partial charge in [-0.05, 0) is 43.2 Å². The first-order valence-electron chi connectivity index (χ1n) is 8.27. The minimum absolute atomic E-state index is 0.0566. The molecule has 1 fully saturated rings. The number of aryl methyl sites for hydroxylation is 1. The van der Waals surface area contributed by atoms with Crippen LogP contribution < -0.4 is 4.90 Å². The highest BCUT2D eigenvalue weighted by atomic mass is 16.6. The minimum Gasteiger partial charge on any atom is -0.368 e. The quantitative estimate of drug-likeness (QED) is 0.479. The van der Waals surface area contributed by atoms with Crippen LogP contribution in [0.3, 0.4) is 0 Å². The van der Waals surface area contributed by atoms with E-state index in [1.165, 1.54) is 28.9 Å². The predicted octanol–water partition coefficient (Wildman–Crippen LogP) is 4.03. The lowest BCUT2D eigenvalue weighted by atomic mass is 10.1. The van der Waals surface area contributed by atoms with Crippen LogP contribution in [0.25, 0.3) is 0 Å². The summed E-state index contributed by atoms with van der Waals surface area (Å²) in [5.41, 5.74) is 4.58. The van der Waals surface area contributed by atoms with Crippen LogP contribution in [0.1, 0.15) is 11.1 Å². The molecule has 0 aliphatic carbocycles. The Bertz CT molecular complexity index is 781. The molecule has 1 aliphatic rings. The minimum atomic E-state index is -0.423. The molecule has 0 spiro atoms. The Labute approximate surface area is 146 Å². The van der Waals surface area contributed by atoms with Crippen molar-refractivity contribution in [3.05, 3.63) is 63.7 Å². The van der Waals surface area contributed by atoms with Gasteiger partial charge in [0.1, 0.15) is 0 Å². The molecule has 7 heteroatoms. The van der Waals surface area contributed by atoms with Crippen molar-refractivity contribution in [3.63, 3.8) is 0 Å². The number of rotatable bonds is 4. The Hall–Kier alpha value is -2.96. The number of hydrogen-bond acceptors (Lipinski definition) is 5. The lowest BCUT2D eigenvalue weighted by molar-refractivity contribution is -0.384. The SMILES string of the molecule is Cc1cccc(N2CCN(/N=N/c3ccc([N+](=O)[O-])cc3)CC2)c1C. The maximum Gasteiger partial charge on any atom is 0.269 e. The second-order valence-corrected chi connectivity index (χ2v) is 6.12. The third-order valence-electron chi connectivity index (χ3n) is 4.52. The first-order chi connectivity index (χ1) is 12.0. The van der Waals surface area contributed by atoms with E-state index in [9.17, 15) is 10.1 Å². The van der Waals surface area contributed by atoms with E-state index in [4.69, 9.17) is 0 Å². The molecule has 3 rings (SSSR count). The standard InChI is InChI=1S/C18H21N5O2/c1-14-4-3-5-18(15(14)2)21-10-12-22(13-11-21)20-19-16-6-8-17(9-7-16)23(24)25/h3-9H,10-13H2,1-2H3/b20-19+. The fraction of sp³-hybridized carbons (Fsp3) is 0.333. The Balaban J connectivity index is 1.59. The second kappa shape index (κ2) is 7.29. The zero-order valence-electron chi connectivity index (χ0n) is 14.4. The first-order valence-corrected chi connectivity index (χ1v) is 8.27. The van der Waals surface area contributed by atoms with Gasteiger partial charge >= 0.3 is 0 Å². The molecule has 1 heterocycles. The molecule has 0 atom stereocenters. The van der Waals surface area contributed by atoms with Crippen LogP contribution in [0.2, 0.25) is 0 Å². The summed E-state index contributed by atoms with van der Waals surface area (Å²) in [5, 5.41) is 21.0. The Morgan fingerprint density at radius 1 is 1.00 bits per heavy atom. The normalized spacial score (nSPS) is 15.0. The maximum absolute atomic E-state index is 10.6. The number of non-ortho nitro benzene ring substituents is 1. The molecular weight excluding hydrogens is 318 g/mol. The highest BCUT2D eigenvalue weighted by Gasteiger charge is 2.18. The van der Waals surface area contributed by atoms with E-state index in [0.717, 1.165) is 26.2 Å². The van der Waals surface area contributed by atoms with Crippen LogP contribution in [-0.4, -0.2) is 36.1 Å². The van der Waals surface area contributed by atoms with E-state index in [-0.39, 0.29) is 5.69 Å². The van der Waals surface area contributed by atoms with Gasteiger partial charge < -0.3 is 4.90 Å². The Kier molecular flexibility index (Phi) is 4.92. The molecule has 1 saturated heterocycles. The molecule has 0 radical (unpaired) electrons. The molecule has 0 amide bonds. The average molecular weight is 339 g/mol. The highest BCUT2D eigenvalue weighted by Crippen LogP contribution is 2.24. The second-order valence-electron chi connectivity index (χ2n) is 6.12. The fourth-order valence-electron chi connectivity index (χ4n) is 2.86. The monoisotopic (exact) mass is 339 g/mol. The topological polar surface area (TPSA) is 74.3 Å². The highest BCUT2D eigenvalue weighted by molar-refractivity contribution is 5.56. The number of anilines is 1. The summed E-state index contributed by atoms with van der Waals surface area (Å²) in [6.45, 7) is 7.67. The van der Waals surface area contributed by atoms with E-state index in [1.807, 2.05) is 5.01 Å². The van der Waals surface area contributed by atoms with Crippen LogP contribution in [0, 0.1) is 24.0 Å². The smallest absolute Gasteiger partial charge is 0.269 e. The number of nitro benzene ring substituents is 1. The van der Waals surface area contributed by atoms with Crippen LogP contribution in [-0.2, 0) is 0 Å². The summed E-state index contributed by atoms with van der Waals surface area (Å²) >= 11 is 0. The van der Waals surface area contributed by atoms with E-state index < -0.39 is 4.92 Å². The molecule has 0 N–H and O–H groups in total. The summed E-state index contributed by atoms with van der Waals surface area (Å²) in [6.07, 6.45) is 0. The summed E-state index contributed by atoms with van der Waals surface area (Å²) in [5.74, 6) is 0. The number of hydrogen-bond donors (Lipinski definition) is 0. The summed E-state index contributed by atoms with van der Waals surface area (Å²) in [4.78, 5) is 12.6. The van der Waals surface area contributed by atoms with Crippen molar-refractivity contribution >= 4 is 17.1 Å². The van der Waals surface area contributed by atoms with Crippen LogP contribution in [0.4, 0.5) is 17.1 Å². The molecule has 0 aromatic heterocycles. The molecular formula is C18H21N5O2. The van der Waals surface area contributed by atoms with Crippen molar-refractivity contribution in [1.82, 2.24) is 5.01 Å². The van der Waals surface area contributed by atoms with Gasteiger partial charge in [0.2, 0.25) is 0 Å². The molecule has 0 unspecified atom stereocenters. The van der Waals surface area contributed by atoms with E-state index in [0.29, 0.717) is 5.69 Å². The third-order valence-corrected chi connectivity index (χ3v) is 4.52. The van der Waals surface area contributed by atoms with Gasteiger partial charge in [-0.15, -0.1) is 5.11 Å². The molecule has 7 nitrogen and oxygen atoms in total. The van der Waals surface area contributed by atoms with Gasteiger partial charge in [0.05, 0.1) is 23.7 Å². The molecule has 0 bridgehead atoms. The van der Waals surface area contributed by atoms with Gasteiger partial charge in [-0.1, -0.05) is 17.4 Å². The Morgan fingerprint density at radius 3 is 2.32 bits per heavy atom. The van der Waals surface area contributed by atoms with Crippen LogP contribution in [0.15, 0.2) is 52.8 Å². The van der Waals surface area contributed by atoms with Gasteiger partial charge in [0.25, 0.3) is 5.69 Å². The largest absolute Gasteiger partial charge is 0.368 e. The number of nitrogens with zero attached hydrogens (tertiary/aromatic N) is 5. The van der Waals surface area contributed by atoms with Crippen molar-refractivity contribution in [3.8, 4) is 0 Å². The van der Waals surface area contributed by atoms with Crippen molar-refractivity contribution in [2.45, 2.75) is 13.8 Å². The van der Waals surface area contributed by atoms with Gasteiger partial charge in [0.15, 0.2) is 0 Å². The van der Waals surface area contributed by atoms with Gasteiger partial charge in [-0.3, -0.25) is 15.1 Å². The summed E-state index contributed by atoms with van der Waals surface area (Å²) in [6, 6.07) is 12.5. The van der Waals surface area contributed by atoms with E-state index in [1.54, 1.807) is 12.1 Å². The summed E-state index contributed by atoms with van der Waals surface area (Å²) in [7, 11) is 0. The zero-order chi connectivity index (χ0) is 17.8. The number of nitro groups is 1. The predicted molar refractivity (Wildman–Crippen MR) is 97.3 cm³/mol. The van der Waals surface area contributed by atoms with Gasteiger partial charge in [0, 0.05) is 30.9 Å². The molecule has 25 heavy (non-hydrogen) atoms. The third kappa shape index (κ3) is 3.93. The summed E-state index contributed by atoms with van der Waals surface area (Å²) < 4.78 is 0.